The number of amides is 4. The highest BCUT2D eigenvalue weighted by Crippen LogP contribution is 2.55. The average molecular weight is 798 g/mol. The Morgan fingerprint density at radius 1 is 0.965 bits per heavy atom. The van der Waals surface area contributed by atoms with Gasteiger partial charge < -0.3 is 24.6 Å². The van der Waals surface area contributed by atoms with Crippen molar-refractivity contribution < 1.29 is 28.7 Å². The van der Waals surface area contributed by atoms with Crippen molar-refractivity contribution in [1.29, 1.82) is 5.26 Å². The number of imide groups is 1. The number of nitrogens with one attached hydrogen (secondary N) is 2. The SMILES string of the molecule is CN(C(=O)c1ccc(OCCCCCN2CCN(c3ccc(C(=O)N[C@H]4C(C)(C)[C@H](Oc5ccc(C#N)c(Cl)c5)C4(C)C)cn3)CC2)cc1)C1CCC(=O)NC1=O. The number of likely N-dealkylation sites (N-methyl/N-ethyl adjacent to an activating group) is 1. The highest BCUT2D eigenvalue weighted by atomic mass is 35.5. The monoisotopic (exact) mass is 797 g/mol. The van der Waals surface area contributed by atoms with Gasteiger partial charge in [0, 0.05) is 74.3 Å². The van der Waals surface area contributed by atoms with Gasteiger partial charge in [-0.25, -0.2) is 4.98 Å². The van der Waals surface area contributed by atoms with Crippen molar-refractivity contribution in [1.82, 2.24) is 25.4 Å². The zero-order valence-electron chi connectivity index (χ0n) is 33.3. The molecule has 1 saturated carbocycles. The zero-order valence-corrected chi connectivity index (χ0v) is 34.1. The molecule has 1 atom stereocenters. The zero-order chi connectivity index (χ0) is 40.9. The van der Waals surface area contributed by atoms with Crippen LogP contribution in [0.15, 0.2) is 60.8 Å². The lowest BCUT2D eigenvalue weighted by Gasteiger charge is -2.63. The molecule has 2 aliphatic heterocycles. The van der Waals surface area contributed by atoms with Crippen molar-refractivity contribution in [3.63, 3.8) is 0 Å². The molecular formula is C43H52ClN7O6. The maximum absolute atomic E-state index is 13.4. The molecule has 1 aromatic heterocycles. The van der Waals surface area contributed by atoms with Crippen LogP contribution in [0.5, 0.6) is 11.5 Å². The van der Waals surface area contributed by atoms with E-state index in [0.29, 0.717) is 46.2 Å². The van der Waals surface area contributed by atoms with Crippen molar-refractivity contribution in [2.75, 3.05) is 51.3 Å². The van der Waals surface area contributed by atoms with Gasteiger partial charge in [-0.1, -0.05) is 39.3 Å². The van der Waals surface area contributed by atoms with E-state index in [2.05, 4.69) is 59.2 Å². The van der Waals surface area contributed by atoms with Gasteiger partial charge in [-0.05, 0) is 80.8 Å². The average Bonchev–Trinajstić information content (AvgIpc) is 3.20. The highest BCUT2D eigenvalue weighted by molar-refractivity contribution is 6.31. The molecule has 2 aromatic carbocycles. The second-order valence-corrected chi connectivity index (χ2v) is 16.8. The molecule has 6 rings (SSSR count). The number of carbonyl (C=O) groups excluding carboxylic acids is 4. The van der Waals surface area contributed by atoms with Gasteiger partial charge in [-0.15, -0.1) is 0 Å². The Bertz CT molecular complexity index is 1970. The van der Waals surface area contributed by atoms with Crippen LogP contribution in [0, 0.1) is 22.2 Å². The van der Waals surface area contributed by atoms with Crippen LogP contribution >= 0.6 is 11.6 Å². The molecular weight excluding hydrogens is 746 g/mol. The fourth-order valence-corrected chi connectivity index (χ4v) is 8.83. The number of pyridine rings is 1. The molecule has 57 heavy (non-hydrogen) atoms. The standard InChI is InChI=1S/C43H52ClN7O6/c1-42(2)40(43(3,4)41(42)57-32-15-11-29(26-45)33(44)25-32)48-37(53)30-12-17-35(46-27-30)51-22-20-50(21-23-51)19-7-6-8-24-56-31-13-9-28(10-14-31)39(55)49(5)34-16-18-36(52)47-38(34)54/h9-15,17,25,27,34,40-41H,6-8,16,18-24H2,1-5H3,(H,48,53)(H,47,52,54)/t34?,40-,41-. The van der Waals surface area contributed by atoms with Crippen molar-refractivity contribution in [2.45, 2.75) is 78.0 Å². The third kappa shape index (κ3) is 9.35. The Kier molecular flexibility index (Phi) is 12.7. The first-order chi connectivity index (χ1) is 27.2. The van der Waals surface area contributed by atoms with E-state index in [-0.39, 0.29) is 47.1 Å². The number of halogens is 1. The van der Waals surface area contributed by atoms with E-state index in [0.717, 1.165) is 57.8 Å². The largest absolute Gasteiger partial charge is 0.494 e. The molecule has 4 amide bonds. The van der Waals surface area contributed by atoms with Crippen LogP contribution in [0.25, 0.3) is 0 Å². The van der Waals surface area contributed by atoms with Gasteiger partial charge in [0.05, 0.1) is 22.8 Å². The summed E-state index contributed by atoms with van der Waals surface area (Å²) in [5.41, 5.74) is 0.642. The van der Waals surface area contributed by atoms with Crippen molar-refractivity contribution >= 4 is 41.0 Å². The third-order valence-electron chi connectivity index (χ3n) is 11.6. The number of piperazine rings is 1. The highest BCUT2D eigenvalue weighted by Gasteiger charge is 2.64. The van der Waals surface area contributed by atoms with E-state index in [1.807, 2.05) is 12.1 Å². The maximum atomic E-state index is 13.4. The Morgan fingerprint density at radius 2 is 1.65 bits per heavy atom. The van der Waals surface area contributed by atoms with Crippen molar-refractivity contribution in [3.8, 4) is 17.6 Å². The molecule has 0 spiro atoms. The van der Waals surface area contributed by atoms with Gasteiger partial charge in [0.15, 0.2) is 0 Å². The molecule has 1 aliphatic carbocycles. The summed E-state index contributed by atoms with van der Waals surface area (Å²) in [5, 5.41) is 15.1. The molecule has 3 fully saturated rings. The lowest BCUT2D eigenvalue weighted by molar-refractivity contribution is -0.164. The summed E-state index contributed by atoms with van der Waals surface area (Å²) in [7, 11) is 1.58. The Morgan fingerprint density at radius 3 is 2.28 bits per heavy atom. The summed E-state index contributed by atoms with van der Waals surface area (Å²) >= 11 is 6.24. The molecule has 3 heterocycles. The molecule has 2 saturated heterocycles. The predicted octanol–water partition coefficient (Wildman–Crippen LogP) is 5.47. The fraction of sp³-hybridized carbons (Fsp3) is 0.488. The van der Waals surface area contributed by atoms with E-state index < -0.39 is 11.9 Å². The number of nitrogens with zero attached hydrogens (tertiary/aromatic N) is 5. The van der Waals surface area contributed by atoms with Crippen LogP contribution in [0.2, 0.25) is 5.02 Å². The molecule has 13 nitrogen and oxygen atoms in total. The first-order valence-electron chi connectivity index (χ1n) is 19.6. The van der Waals surface area contributed by atoms with E-state index in [1.54, 1.807) is 55.7 Å². The number of hydrogen-bond acceptors (Lipinski definition) is 10. The normalized spacial score (nSPS) is 21.4. The lowest BCUT2D eigenvalue weighted by atomic mass is 9.49. The van der Waals surface area contributed by atoms with E-state index in [9.17, 15) is 24.4 Å². The van der Waals surface area contributed by atoms with Crippen LogP contribution in [-0.2, 0) is 9.59 Å². The van der Waals surface area contributed by atoms with Gasteiger partial charge in [-0.3, -0.25) is 29.4 Å². The molecule has 2 N–H and O–H groups in total. The van der Waals surface area contributed by atoms with Crippen molar-refractivity contribution in [3.05, 3.63) is 82.5 Å². The van der Waals surface area contributed by atoms with Crippen LogP contribution in [0.4, 0.5) is 5.82 Å². The molecule has 0 bridgehead atoms. The van der Waals surface area contributed by atoms with Crippen molar-refractivity contribution in [2.24, 2.45) is 10.8 Å². The molecule has 0 radical (unpaired) electrons. The Hall–Kier alpha value is -5.19. The van der Waals surface area contributed by atoms with E-state index >= 15 is 0 Å². The van der Waals surface area contributed by atoms with Gasteiger partial charge >= 0.3 is 0 Å². The minimum absolute atomic E-state index is 0.143. The number of rotatable bonds is 14. The summed E-state index contributed by atoms with van der Waals surface area (Å²) in [4.78, 5) is 60.6. The first-order valence-corrected chi connectivity index (χ1v) is 20.0. The third-order valence-corrected chi connectivity index (χ3v) is 11.9. The summed E-state index contributed by atoms with van der Waals surface area (Å²) < 4.78 is 12.3. The minimum Gasteiger partial charge on any atom is -0.494 e. The summed E-state index contributed by atoms with van der Waals surface area (Å²) in [6.45, 7) is 13.5. The second-order valence-electron chi connectivity index (χ2n) is 16.4. The lowest BCUT2D eigenvalue weighted by Crippen LogP contribution is -2.74. The second kappa shape index (κ2) is 17.5. The Balaban J connectivity index is 0.870. The van der Waals surface area contributed by atoms with Gasteiger partial charge in [0.2, 0.25) is 11.8 Å². The molecule has 1 unspecified atom stereocenters. The van der Waals surface area contributed by atoms with E-state index in [1.165, 1.54) is 4.90 Å². The number of hydrogen-bond donors (Lipinski definition) is 2. The number of carbonyl (C=O) groups is 4. The van der Waals surface area contributed by atoms with Gasteiger partial charge in [0.25, 0.3) is 11.8 Å². The number of ether oxygens (including phenoxy) is 2. The topological polar surface area (TPSA) is 157 Å². The number of anilines is 1. The maximum Gasteiger partial charge on any atom is 0.254 e. The number of aromatic nitrogens is 1. The van der Waals surface area contributed by atoms with Gasteiger partial charge in [-0.2, -0.15) is 5.26 Å². The van der Waals surface area contributed by atoms with Crippen LogP contribution in [0.1, 0.15) is 86.1 Å². The van der Waals surface area contributed by atoms with E-state index in [4.69, 9.17) is 21.1 Å². The summed E-state index contributed by atoms with van der Waals surface area (Å²) in [6, 6.07) is 17.0. The number of piperidine rings is 1. The van der Waals surface area contributed by atoms with Crippen LogP contribution in [-0.4, -0.2) is 103 Å². The van der Waals surface area contributed by atoms with Crippen LogP contribution in [0.3, 0.4) is 0 Å². The first kappa shape index (κ1) is 41.4. The quantitative estimate of drug-likeness (QED) is 0.159. The Labute approximate surface area is 339 Å². The molecule has 14 heteroatoms. The number of nitriles is 1. The molecule has 3 aromatic rings. The summed E-state index contributed by atoms with van der Waals surface area (Å²) in [5.74, 6) is 0.940. The summed E-state index contributed by atoms with van der Waals surface area (Å²) in [6.07, 6.45) is 5.02. The molecule has 302 valence electrons. The van der Waals surface area contributed by atoms with Crippen LogP contribution < -0.4 is 25.0 Å². The minimum atomic E-state index is -0.660. The fourth-order valence-electron chi connectivity index (χ4n) is 8.61. The molecule has 3 aliphatic rings. The smallest absolute Gasteiger partial charge is 0.254 e. The number of unbranched alkanes of at least 4 members (excludes halogenated alkanes) is 2. The number of benzene rings is 2. The predicted molar refractivity (Wildman–Crippen MR) is 216 cm³/mol. The van der Waals surface area contributed by atoms with Gasteiger partial charge in [0.1, 0.15) is 35.5 Å².